The van der Waals surface area contributed by atoms with Gasteiger partial charge in [0.15, 0.2) is 11.6 Å². The van der Waals surface area contributed by atoms with Crippen LogP contribution in [0.5, 0.6) is 11.6 Å². The van der Waals surface area contributed by atoms with Crippen molar-refractivity contribution in [3.63, 3.8) is 0 Å². The van der Waals surface area contributed by atoms with Gasteiger partial charge >= 0.3 is 6.03 Å². The summed E-state index contributed by atoms with van der Waals surface area (Å²) < 4.78 is 5.99. The third-order valence-electron chi connectivity index (χ3n) is 5.83. The van der Waals surface area contributed by atoms with E-state index >= 15 is 0 Å². The standard InChI is InChI=1S/C24H20Cl2N6O3/c1-12-22(27)31-32(24(34)28-12)16-9-18(25)21(19(26)10-16)35-23-17(11-20(33)29-30-23)15-7-6-13-4-2-3-5-14(13)8-15/h6-11H,1-5H2,(H2,27,31)(H,28,34)(H,29,33). The molecule has 2 heterocycles. The number of nitrogens with zero attached hydrogens (tertiary/aromatic N) is 3. The average molecular weight is 511 g/mol. The van der Waals surface area contributed by atoms with Gasteiger partial charge in [-0.25, -0.2) is 9.89 Å². The number of hydrogen-bond donors (Lipinski definition) is 3. The molecule has 4 N–H and O–H groups in total. The smallest absolute Gasteiger partial charge is 0.347 e. The molecule has 2 aromatic carbocycles. The zero-order valence-corrected chi connectivity index (χ0v) is 19.9. The SMILES string of the molecule is C=C1NC(=O)N(c2cc(Cl)c(Oc3n[nH]c(=O)cc3-c3ccc4c(c3)CCCC4)c(Cl)c2)N=C1N. The van der Waals surface area contributed by atoms with Gasteiger partial charge in [-0.05, 0) is 54.5 Å². The molecule has 1 aliphatic heterocycles. The zero-order valence-electron chi connectivity index (χ0n) is 18.4. The second-order valence-corrected chi connectivity index (χ2v) is 9.00. The van der Waals surface area contributed by atoms with Crippen LogP contribution in [-0.2, 0) is 12.8 Å². The number of anilines is 1. The van der Waals surface area contributed by atoms with Gasteiger partial charge < -0.3 is 15.8 Å². The maximum absolute atomic E-state index is 12.3. The van der Waals surface area contributed by atoms with Crippen LogP contribution in [0.3, 0.4) is 0 Å². The van der Waals surface area contributed by atoms with E-state index in [2.05, 4.69) is 39.3 Å². The van der Waals surface area contributed by atoms with Gasteiger partial charge in [0, 0.05) is 6.07 Å². The molecule has 0 saturated carbocycles. The normalized spacial score (nSPS) is 15.4. The maximum atomic E-state index is 12.3. The molecule has 0 unspecified atom stereocenters. The molecule has 0 atom stereocenters. The lowest BCUT2D eigenvalue weighted by atomic mass is 9.89. The van der Waals surface area contributed by atoms with Gasteiger partial charge in [-0.15, -0.1) is 10.2 Å². The fourth-order valence-corrected chi connectivity index (χ4v) is 4.63. The number of aromatic amines is 1. The largest absolute Gasteiger partial charge is 0.434 e. The number of nitrogens with two attached hydrogens (primary N) is 1. The first-order chi connectivity index (χ1) is 16.8. The highest BCUT2D eigenvalue weighted by atomic mass is 35.5. The summed E-state index contributed by atoms with van der Waals surface area (Å²) in [4.78, 5) is 24.4. The topological polar surface area (TPSA) is 126 Å². The van der Waals surface area contributed by atoms with E-state index in [0.29, 0.717) is 5.56 Å². The Morgan fingerprint density at radius 3 is 2.49 bits per heavy atom. The van der Waals surface area contributed by atoms with Crippen LogP contribution in [0.25, 0.3) is 11.1 Å². The molecular formula is C24H20Cl2N6O3. The van der Waals surface area contributed by atoms with E-state index < -0.39 is 6.03 Å². The molecule has 1 aliphatic carbocycles. The van der Waals surface area contributed by atoms with Crippen molar-refractivity contribution < 1.29 is 9.53 Å². The summed E-state index contributed by atoms with van der Waals surface area (Å²) in [7, 11) is 0. The van der Waals surface area contributed by atoms with E-state index in [4.69, 9.17) is 33.7 Å². The number of hydrogen-bond acceptors (Lipinski definition) is 6. The van der Waals surface area contributed by atoms with E-state index in [-0.39, 0.29) is 44.5 Å². The number of benzene rings is 2. The fourth-order valence-electron chi connectivity index (χ4n) is 4.07. The van der Waals surface area contributed by atoms with E-state index in [0.717, 1.165) is 29.8 Å². The van der Waals surface area contributed by atoms with Crippen molar-refractivity contribution in [2.24, 2.45) is 10.8 Å². The first kappa shape index (κ1) is 22.9. The van der Waals surface area contributed by atoms with Crippen LogP contribution in [0.15, 0.2) is 58.6 Å². The lowest BCUT2D eigenvalue weighted by Gasteiger charge is -2.24. The van der Waals surface area contributed by atoms with Crippen molar-refractivity contribution in [3.05, 3.63) is 80.2 Å². The number of halogens is 2. The molecular weight excluding hydrogens is 491 g/mol. The van der Waals surface area contributed by atoms with Gasteiger partial charge in [0.05, 0.1) is 27.0 Å². The Labute approximate surface area is 210 Å². The molecule has 0 saturated heterocycles. The van der Waals surface area contributed by atoms with Gasteiger partial charge in [-0.3, -0.25) is 4.79 Å². The average Bonchev–Trinajstić information content (AvgIpc) is 2.84. The van der Waals surface area contributed by atoms with Crippen LogP contribution < -0.4 is 26.4 Å². The summed E-state index contributed by atoms with van der Waals surface area (Å²) in [5, 5.41) is 14.2. The van der Waals surface area contributed by atoms with Gasteiger partial charge in [0.1, 0.15) is 0 Å². The molecule has 9 nitrogen and oxygen atoms in total. The van der Waals surface area contributed by atoms with E-state index in [1.165, 1.54) is 35.7 Å². The number of amides is 2. The maximum Gasteiger partial charge on any atom is 0.347 e. The van der Waals surface area contributed by atoms with Crippen LogP contribution in [0.4, 0.5) is 10.5 Å². The van der Waals surface area contributed by atoms with Crippen molar-refractivity contribution >= 4 is 40.8 Å². The van der Waals surface area contributed by atoms with E-state index in [1.807, 2.05) is 6.07 Å². The van der Waals surface area contributed by atoms with Gasteiger partial charge in [0.2, 0.25) is 5.88 Å². The lowest BCUT2D eigenvalue weighted by molar-refractivity contribution is 0.248. The minimum absolute atomic E-state index is 0.0457. The number of aryl methyl sites for hydroxylation is 2. The van der Waals surface area contributed by atoms with Crippen molar-refractivity contribution in [3.8, 4) is 22.8 Å². The molecule has 0 radical (unpaired) electrons. The third-order valence-corrected chi connectivity index (χ3v) is 6.39. The fraction of sp³-hybridized carbons (Fsp3) is 0.167. The molecule has 1 aromatic heterocycles. The van der Waals surface area contributed by atoms with E-state index in [1.54, 1.807) is 0 Å². The predicted molar refractivity (Wildman–Crippen MR) is 135 cm³/mol. The number of nitrogens with one attached hydrogen (secondary N) is 2. The van der Waals surface area contributed by atoms with Gasteiger partial charge in [-0.2, -0.15) is 5.01 Å². The Kier molecular flexibility index (Phi) is 5.96. The highest BCUT2D eigenvalue weighted by molar-refractivity contribution is 6.37. The summed E-state index contributed by atoms with van der Waals surface area (Å²) in [6.45, 7) is 3.61. The summed E-state index contributed by atoms with van der Waals surface area (Å²) in [6, 6.07) is 9.86. The molecule has 35 heavy (non-hydrogen) atoms. The molecule has 3 aromatic rings. The summed E-state index contributed by atoms with van der Waals surface area (Å²) in [5.74, 6) is 0.283. The van der Waals surface area contributed by atoms with Crippen LogP contribution in [0, 0.1) is 0 Å². The number of urea groups is 1. The Morgan fingerprint density at radius 1 is 1.03 bits per heavy atom. The molecule has 5 rings (SSSR count). The van der Waals surface area contributed by atoms with Crippen molar-refractivity contribution in [1.29, 1.82) is 0 Å². The minimum Gasteiger partial charge on any atom is -0.434 e. The number of hydrazone groups is 1. The summed E-state index contributed by atoms with van der Waals surface area (Å²) >= 11 is 13.0. The van der Waals surface area contributed by atoms with Crippen molar-refractivity contribution in [2.45, 2.75) is 25.7 Å². The molecule has 2 amide bonds. The number of carbonyl (C=O) groups is 1. The monoisotopic (exact) mass is 510 g/mol. The second-order valence-electron chi connectivity index (χ2n) is 8.19. The summed E-state index contributed by atoms with van der Waals surface area (Å²) in [6.07, 6.45) is 4.33. The summed E-state index contributed by atoms with van der Waals surface area (Å²) in [5.41, 5.74) is 9.74. The van der Waals surface area contributed by atoms with Crippen LogP contribution in [0.2, 0.25) is 10.0 Å². The Bertz CT molecular complexity index is 1440. The Morgan fingerprint density at radius 2 is 1.74 bits per heavy atom. The van der Waals surface area contributed by atoms with Gasteiger partial charge in [0.25, 0.3) is 5.56 Å². The molecule has 2 aliphatic rings. The van der Waals surface area contributed by atoms with Crippen molar-refractivity contribution in [1.82, 2.24) is 15.5 Å². The first-order valence-electron chi connectivity index (χ1n) is 10.8. The third kappa shape index (κ3) is 4.48. The number of fused-ring (bicyclic) bond motifs is 1. The molecule has 178 valence electrons. The van der Waals surface area contributed by atoms with Crippen molar-refractivity contribution in [2.75, 3.05) is 5.01 Å². The van der Waals surface area contributed by atoms with Crippen LogP contribution >= 0.6 is 23.2 Å². The zero-order chi connectivity index (χ0) is 24.7. The van der Waals surface area contributed by atoms with Crippen LogP contribution in [0.1, 0.15) is 24.0 Å². The first-order valence-corrected chi connectivity index (χ1v) is 11.6. The Hall–Kier alpha value is -3.82. The number of rotatable bonds is 4. The minimum atomic E-state index is -0.568. The number of H-pyrrole nitrogens is 1. The molecule has 0 bridgehead atoms. The predicted octanol–water partition coefficient (Wildman–Crippen LogP) is 4.73. The number of aromatic nitrogens is 2. The lowest BCUT2D eigenvalue weighted by Crippen LogP contribution is -2.45. The highest BCUT2D eigenvalue weighted by Gasteiger charge is 2.25. The quantitative estimate of drug-likeness (QED) is 0.467. The number of amidine groups is 1. The second kappa shape index (κ2) is 9.09. The molecule has 0 fully saturated rings. The Balaban J connectivity index is 1.51. The molecule has 11 heteroatoms. The highest BCUT2D eigenvalue weighted by Crippen LogP contribution is 2.42. The molecule has 0 spiro atoms. The number of ether oxygens (including phenoxy) is 1. The van der Waals surface area contributed by atoms with Gasteiger partial charge in [-0.1, -0.05) is 48.0 Å². The van der Waals surface area contributed by atoms with Crippen LogP contribution in [-0.4, -0.2) is 22.1 Å². The number of carbonyl (C=O) groups excluding carboxylic acids is 1. The van der Waals surface area contributed by atoms with E-state index in [9.17, 15) is 9.59 Å².